The van der Waals surface area contributed by atoms with E-state index in [2.05, 4.69) is 22.0 Å². The van der Waals surface area contributed by atoms with Crippen LogP contribution in [0.4, 0.5) is 0 Å². The van der Waals surface area contributed by atoms with Crippen LogP contribution >= 0.6 is 11.3 Å². The number of rotatable bonds is 0. The molecule has 1 aliphatic carbocycles. The lowest BCUT2D eigenvalue weighted by atomic mass is 9.89. The summed E-state index contributed by atoms with van der Waals surface area (Å²) in [4.78, 5) is 11.8. The Balaban J connectivity index is 2.16. The van der Waals surface area contributed by atoms with E-state index in [0.29, 0.717) is 0 Å². The zero-order valence-corrected chi connectivity index (χ0v) is 11.3. The standard InChI is InChI=1S/C13H14N4S/c1-7-3-4-10-9(5-7)11-12-14-6-15-17(12)8(2)16-13(11)18-10/h6-7H,3-5H2,1-2H3. The van der Waals surface area contributed by atoms with Crippen molar-refractivity contribution < 1.29 is 0 Å². The largest absolute Gasteiger partial charge is 0.222 e. The Kier molecular flexibility index (Phi) is 2.03. The molecule has 4 rings (SSSR count). The maximum Gasteiger partial charge on any atom is 0.167 e. The first-order valence-electron chi connectivity index (χ1n) is 6.34. The average Bonchev–Trinajstić information content (AvgIpc) is 2.92. The summed E-state index contributed by atoms with van der Waals surface area (Å²) in [5, 5.41) is 5.50. The molecule has 0 saturated heterocycles. The summed E-state index contributed by atoms with van der Waals surface area (Å²) in [7, 11) is 0. The lowest BCUT2D eigenvalue weighted by molar-refractivity contribution is 0.508. The summed E-state index contributed by atoms with van der Waals surface area (Å²) in [6.07, 6.45) is 5.26. The number of hydrogen-bond acceptors (Lipinski definition) is 4. The van der Waals surface area contributed by atoms with Gasteiger partial charge >= 0.3 is 0 Å². The van der Waals surface area contributed by atoms with Gasteiger partial charge in [0.2, 0.25) is 0 Å². The summed E-state index contributed by atoms with van der Waals surface area (Å²) in [5.41, 5.74) is 2.45. The van der Waals surface area contributed by atoms with E-state index in [0.717, 1.165) is 28.6 Å². The van der Waals surface area contributed by atoms with Crippen LogP contribution in [-0.2, 0) is 12.8 Å². The van der Waals surface area contributed by atoms with Crippen LogP contribution in [0.25, 0.3) is 15.9 Å². The fraction of sp³-hybridized carbons (Fsp3) is 0.462. The van der Waals surface area contributed by atoms with Crippen LogP contribution < -0.4 is 0 Å². The van der Waals surface area contributed by atoms with Crippen molar-refractivity contribution >= 4 is 27.2 Å². The lowest BCUT2D eigenvalue weighted by Crippen LogP contribution is -2.09. The molecule has 92 valence electrons. The van der Waals surface area contributed by atoms with Gasteiger partial charge in [-0.1, -0.05) is 6.92 Å². The van der Waals surface area contributed by atoms with E-state index in [1.54, 1.807) is 6.33 Å². The van der Waals surface area contributed by atoms with Crippen LogP contribution in [0.1, 0.15) is 29.6 Å². The summed E-state index contributed by atoms with van der Waals surface area (Å²) in [6, 6.07) is 0. The van der Waals surface area contributed by atoms with Gasteiger partial charge < -0.3 is 0 Å². The number of nitrogens with zero attached hydrogens (tertiary/aromatic N) is 4. The molecule has 4 nitrogen and oxygen atoms in total. The second-order valence-corrected chi connectivity index (χ2v) is 6.27. The molecule has 3 heterocycles. The quantitative estimate of drug-likeness (QED) is 0.622. The summed E-state index contributed by atoms with van der Waals surface area (Å²) < 4.78 is 1.86. The molecule has 0 bridgehead atoms. The Labute approximate surface area is 109 Å². The van der Waals surface area contributed by atoms with Gasteiger partial charge in [-0.15, -0.1) is 11.3 Å². The molecule has 0 spiro atoms. The number of hydrogen-bond donors (Lipinski definition) is 0. The van der Waals surface area contributed by atoms with Crippen molar-refractivity contribution in [3.05, 3.63) is 22.6 Å². The molecular weight excluding hydrogens is 244 g/mol. The molecule has 1 aliphatic rings. The number of fused-ring (bicyclic) bond motifs is 5. The van der Waals surface area contributed by atoms with Crippen LogP contribution in [-0.4, -0.2) is 19.6 Å². The van der Waals surface area contributed by atoms with Crippen molar-refractivity contribution in [1.82, 2.24) is 19.6 Å². The first-order chi connectivity index (χ1) is 8.74. The maximum absolute atomic E-state index is 4.69. The van der Waals surface area contributed by atoms with Gasteiger partial charge in [-0.2, -0.15) is 9.61 Å². The highest BCUT2D eigenvalue weighted by molar-refractivity contribution is 7.19. The summed E-state index contributed by atoms with van der Waals surface area (Å²) in [5.74, 6) is 1.68. The minimum atomic E-state index is 0.763. The third kappa shape index (κ3) is 1.28. The van der Waals surface area contributed by atoms with Crippen molar-refractivity contribution in [2.45, 2.75) is 33.1 Å². The van der Waals surface area contributed by atoms with Crippen molar-refractivity contribution in [2.24, 2.45) is 5.92 Å². The molecule has 0 aliphatic heterocycles. The van der Waals surface area contributed by atoms with E-state index in [1.807, 2.05) is 22.8 Å². The SMILES string of the molecule is Cc1nc2sc3c(c2c2ncnn12)CC(C)CC3. The molecule has 3 aromatic heterocycles. The topological polar surface area (TPSA) is 43.1 Å². The highest BCUT2D eigenvalue weighted by Crippen LogP contribution is 2.38. The smallest absolute Gasteiger partial charge is 0.167 e. The van der Waals surface area contributed by atoms with Crippen molar-refractivity contribution in [3.8, 4) is 0 Å². The van der Waals surface area contributed by atoms with Crippen LogP contribution in [0.5, 0.6) is 0 Å². The minimum absolute atomic E-state index is 0.763. The van der Waals surface area contributed by atoms with Gasteiger partial charge in [-0.3, -0.25) is 0 Å². The summed E-state index contributed by atoms with van der Waals surface area (Å²) >= 11 is 1.84. The van der Waals surface area contributed by atoms with Crippen LogP contribution in [0.2, 0.25) is 0 Å². The van der Waals surface area contributed by atoms with Crippen molar-refractivity contribution in [3.63, 3.8) is 0 Å². The monoisotopic (exact) mass is 258 g/mol. The van der Waals surface area contributed by atoms with Crippen LogP contribution in [0.3, 0.4) is 0 Å². The molecule has 1 atom stereocenters. The first-order valence-corrected chi connectivity index (χ1v) is 7.16. The van der Waals surface area contributed by atoms with Crippen molar-refractivity contribution in [1.29, 1.82) is 0 Å². The normalized spacial score (nSPS) is 19.6. The predicted molar refractivity (Wildman–Crippen MR) is 72.1 cm³/mol. The van der Waals surface area contributed by atoms with E-state index < -0.39 is 0 Å². The van der Waals surface area contributed by atoms with Gasteiger partial charge in [-0.05, 0) is 37.7 Å². The van der Waals surface area contributed by atoms with E-state index in [4.69, 9.17) is 0 Å². The van der Waals surface area contributed by atoms with Gasteiger partial charge in [-0.25, -0.2) is 9.97 Å². The predicted octanol–water partition coefficient (Wildman–Crippen LogP) is 2.77. The van der Waals surface area contributed by atoms with E-state index >= 15 is 0 Å². The third-order valence-corrected chi connectivity index (χ3v) is 5.02. The van der Waals surface area contributed by atoms with Crippen LogP contribution in [0, 0.1) is 12.8 Å². The molecule has 0 amide bonds. The highest BCUT2D eigenvalue weighted by atomic mass is 32.1. The van der Waals surface area contributed by atoms with Gasteiger partial charge in [0.15, 0.2) is 5.65 Å². The van der Waals surface area contributed by atoms with E-state index in [1.165, 1.54) is 28.7 Å². The van der Waals surface area contributed by atoms with Gasteiger partial charge in [0.25, 0.3) is 0 Å². The number of aryl methyl sites for hydroxylation is 2. The Bertz CT molecular complexity index is 755. The molecule has 0 radical (unpaired) electrons. The Morgan fingerprint density at radius 2 is 2.33 bits per heavy atom. The second kappa shape index (κ2) is 3.51. The fourth-order valence-corrected chi connectivity index (χ4v) is 4.15. The molecule has 0 saturated carbocycles. The average molecular weight is 258 g/mol. The minimum Gasteiger partial charge on any atom is -0.222 e. The molecule has 18 heavy (non-hydrogen) atoms. The molecule has 3 aromatic rings. The molecular formula is C13H14N4S. The second-order valence-electron chi connectivity index (χ2n) is 5.19. The van der Waals surface area contributed by atoms with E-state index in [-0.39, 0.29) is 0 Å². The third-order valence-electron chi connectivity index (χ3n) is 3.83. The number of thiophene rings is 1. The fourth-order valence-electron chi connectivity index (χ4n) is 2.90. The molecule has 0 fully saturated rings. The lowest BCUT2D eigenvalue weighted by Gasteiger charge is -2.17. The zero-order chi connectivity index (χ0) is 12.3. The van der Waals surface area contributed by atoms with Gasteiger partial charge in [0.1, 0.15) is 17.0 Å². The summed E-state index contributed by atoms with van der Waals surface area (Å²) in [6.45, 7) is 4.32. The van der Waals surface area contributed by atoms with Gasteiger partial charge in [0, 0.05) is 4.88 Å². The van der Waals surface area contributed by atoms with Crippen molar-refractivity contribution in [2.75, 3.05) is 0 Å². The zero-order valence-electron chi connectivity index (χ0n) is 10.5. The molecule has 0 aromatic carbocycles. The molecule has 1 unspecified atom stereocenters. The highest BCUT2D eigenvalue weighted by Gasteiger charge is 2.23. The number of aromatic nitrogens is 4. The Morgan fingerprint density at radius 1 is 1.44 bits per heavy atom. The molecule has 5 heteroatoms. The van der Waals surface area contributed by atoms with Crippen LogP contribution in [0.15, 0.2) is 6.33 Å². The van der Waals surface area contributed by atoms with Gasteiger partial charge in [0.05, 0.1) is 5.39 Å². The molecule has 0 N–H and O–H groups in total. The first kappa shape index (κ1) is 10.4. The maximum atomic E-state index is 4.69. The van der Waals surface area contributed by atoms with E-state index in [9.17, 15) is 0 Å². The Hall–Kier alpha value is -1.49. The Morgan fingerprint density at radius 3 is 3.22 bits per heavy atom.